The Labute approximate surface area is 141 Å². The summed E-state index contributed by atoms with van der Waals surface area (Å²) in [7, 11) is 0. The van der Waals surface area contributed by atoms with Gasteiger partial charge in [0.25, 0.3) is 5.91 Å². The number of nitriles is 1. The topological polar surface area (TPSA) is 92.6 Å². The van der Waals surface area contributed by atoms with E-state index >= 15 is 0 Å². The Kier molecular flexibility index (Phi) is 6.92. The summed E-state index contributed by atoms with van der Waals surface area (Å²) in [5.74, 6) is 1.02. The Bertz CT molecular complexity index is 637. The molecule has 7 heteroatoms. The van der Waals surface area contributed by atoms with E-state index in [1.54, 1.807) is 0 Å². The van der Waals surface area contributed by atoms with Gasteiger partial charge in [0.05, 0.1) is 0 Å². The van der Waals surface area contributed by atoms with E-state index in [4.69, 9.17) is 19.5 Å². The molecule has 0 bridgehead atoms. The molecule has 0 saturated heterocycles. The lowest BCUT2D eigenvalue weighted by Gasteiger charge is -2.06. The molecule has 1 aliphatic rings. The maximum absolute atomic E-state index is 11.9. The number of nitrogens with one attached hydrogen (secondary N) is 2. The molecule has 0 aromatic heterocycles. The van der Waals surface area contributed by atoms with Crippen molar-refractivity contribution in [3.8, 4) is 17.6 Å². The maximum Gasteiger partial charge on any atom is 0.263 e. The molecule has 0 saturated carbocycles. The number of fused-ring (bicyclic) bond motifs is 1. The average Bonchev–Trinajstić information content (AvgIpc) is 3.06. The van der Waals surface area contributed by atoms with Crippen molar-refractivity contribution in [1.29, 1.82) is 5.26 Å². The zero-order valence-corrected chi connectivity index (χ0v) is 13.6. The Morgan fingerprint density at radius 3 is 3.04 bits per heavy atom. The first-order valence-electron chi connectivity index (χ1n) is 7.82. The molecule has 1 heterocycles. The Morgan fingerprint density at radius 2 is 2.25 bits per heavy atom. The highest BCUT2D eigenvalue weighted by atomic mass is 16.7. The fraction of sp³-hybridized carbons (Fsp3) is 0.412. The minimum Gasteiger partial charge on any atom is -0.454 e. The summed E-state index contributed by atoms with van der Waals surface area (Å²) < 4.78 is 15.7. The summed E-state index contributed by atoms with van der Waals surface area (Å²) in [5.41, 5.74) is 0.997. The Balaban J connectivity index is 1.78. The van der Waals surface area contributed by atoms with Crippen LogP contribution in [-0.4, -0.2) is 32.5 Å². The average molecular weight is 331 g/mol. The number of nitrogens with zero attached hydrogens (tertiary/aromatic N) is 1. The molecule has 0 fully saturated rings. The highest BCUT2D eigenvalue weighted by Crippen LogP contribution is 2.32. The van der Waals surface area contributed by atoms with Crippen molar-refractivity contribution < 1.29 is 19.0 Å². The van der Waals surface area contributed by atoms with Gasteiger partial charge in [-0.25, -0.2) is 0 Å². The largest absolute Gasteiger partial charge is 0.454 e. The van der Waals surface area contributed by atoms with Crippen LogP contribution in [0, 0.1) is 11.3 Å². The second-order valence-electron chi connectivity index (χ2n) is 5.04. The molecule has 0 atom stereocenters. The number of carbonyl (C=O) groups excluding carboxylic acids is 1. The van der Waals surface area contributed by atoms with Gasteiger partial charge in [-0.1, -0.05) is 6.07 Å². The van der Waals surface area contributed by atoms with Crippen LogP contribution in [0.5, 0.6) is 11.5 Å². The third kappa shape index (κ3) is 5.18. The van der Waals surface area contributed by atoms with Crippen molar-refractivity contribution in [3.63, 3.8) is 0 Å². The first kappa shape index (κ1) is 17.6. The van der Waals surface area contributed by atoms with Crippen LogP contribution in [0.25, 0.3) is 0 Å². The minimum atomic E-state index is -0.396. The summed E-state index contributed by atoms with van der Waals surface area (Å²) in [6.45, 7) is 4.33. The molecule has 24 heavy (non-hydrogen) atoms. The standard InChI is InChI=1S/C17H21N3O4/c1-2-22-7-3-6-20-17(21)14(9-18)11-19-10-13-4-5-15-16(8-13)24-12-23-15/h4-5,8,11,19H,2-3,6-7,10,12H2,1H3,(H,20,21)/b14-11-. The van der Waals surface area contributed by atoms with Crippen LogP contribution in [-0.2, 0) is 16.1 Å². The number of carbonyl (C=O) groups is 1. The van der Waals surface area contributed by atoms with Crippen LogP contribution < -0.4 is 20.1 Å². The van der Waals surface area contributed by atoms with Gasteiger partial charge in [-0.2, -0.15) is 5.26 Å². The van der Waals surface area contributed by atoms with Crippen LogP contribution in [0.1, 0.15) is 18.9 Å². The van der Waals surface area contributed by atoms with Gasteiger partial charge in [-0.3, -0.25) is 4.79 Å². The Morgan fingerprint density at radius 1 is 1.42 bits per heavy atom. The van der Waals surface area contributed by atoms with Crippen LogP contribution in [0.4, 0.5) is 0 Å². The number of hydrogen-bond donors (Lipinski definition) is 2. The van der Waals surface area contributed by atoms with Gasteiger partial charge in [-0.05, 0) is 31.0 Å². The number of benzene rings is 1. The molecule has 1 aromatic carbocycles. The van der Waals surface area contributed by atoms with E-state index in [0.717, 1.165) is 11.3 Å². The fourth-order valence-corrected chi connectivity index (χ4v) is 2.09. The maximum atomic E-state index is 11.9. The first-order chi connectivity index (χ1) is 11.7. The second-order valence-corrected chi connectivity index (χ2v) is 5.04. The zero-order valence-electron chi connectivity index (χ0n) is 13.6. The van der Waals surface area contributed by atoms with E-state index < -0.39 is 5.91 Å². The van der Waals surface area contributed by atoms with E-state index in [1.807, 2.05) is 31.2 Å². The summed E-state index contributed by atoms with van der Waals surface area (Å²) >= 11 is 0. The van der Waals surface area contributed by atoms with Crippen molar-refractivity contribution >= 4 is 5.91 Å². The number of hydrogen-bond acceptors (Lipinski definition) is 6. The first-order valence-corrected chi connectivity index (χ1v) is 7.82. The van der Waals surface area contributed by atoms with Gasteiger partial charge < -0.3 is 24.8 Å². The molecule has 1 aliphatic heterocycles. The molecule has 2 rings (SSSR count). The summed E-state index contributed by atoms with van der Waals surface area (Å²) in [4.78, 5) is 11.9. The lowest BCUT2D eigenvalue weighted by atomic mass is 10.2. The van der Waals surface area contributed by atoms with Gasteiger partial charge in [0.2, 0.25) is 6.79 Å². The van der Waals surface area contributed by atoms with E-state index in [0.29, 0.717) is 38.5 Å². The smallest absolute Gasteiger partial charge is 0.263 e. The monoisotopic (exact) mass is 331 g/mol. The van der Waals surface area contributed by atoms with Gasteiger partial charge in [0, 0.05) is 32.5 Å². The van der Waals surface area contributed by atoms with Gasteiger partial charge in [-0.15, -0.1) is 0 Å². The number of amides is 1. The molecule has 1 amide bonds. The van der Waals surface area contributed by atoms with E-state index in [2.05, 4.69) is 10.6 Å². The second kappa shape index (κ2) is 9.43. The quantitative estimate of drug-likeness (QED) is 0.404. The zero-order chi connectivity index (χ0) is 17.2. The number of ether oxygens (including phenoxy) is 3. The molecule has 7 nitrogen and oxygen atoms in total. The van der Waals surface area contributed by atoms with E-state index in [1.165, 1.54) is 6.20 Å². The van der Waals surface area contributed by atoms with Crippen LogP contribution in [0.2, 0.25) is 0 Å². The molecule has 0 spiro atoms. The van der Waals surface area contributed by atoms with Crippen molar-refractivity contribution in [2.45, 2.75) is 19.9 Å². The van der Waals surface area contributed by atoms with Crippen molar-refractivity contribution in [2.75, 3.05) is 26.6 Å². The molecule has 2 N–H and O–H groups in total. The highest BCUT2D eigenvalue weighted by molar-refractivity contribution is 5.97. The predicted octanol–water partition coefficient (Wildman–Crippen LogP) is 1.46. The molecule has 0 unspecified atom stereocenters. The molecule has 0 aliphatic carbocycles. The third-order valence-electron chi connectivity index (χ3n) is 3.31. The fourth-order valence-electron chi connectivity index (χ4n) is 2.09. The van der Waals surface area contributed by atoms with E-state index in [9.17, 15) is 4.79 Å². The minimum absolute atomic E-state index is 0.0344. The normalized spacial score (nSPS) is 12.6. The van der Waals surface area contributed by atoms with Crippen LogP contribution in [0.15, 0.2) is 30.0 Å². The molecule has 0 radical (unpaired) electrons. The van der Waals surface area contributed by atoms with E-state index in [-0.39, 0.29) is 12.4 Å². The summed E-state index contributed by atoms with van der Waals surface area (Å²) in [6.07, 6.45) is 2.13. The van der Waals surface area contributed by atoms with Crippen molar-refractivity contribution in [1.82, 2.24) is 10.6 Å². The third-order valence-corrected chi connectivity index (χ3v) is 3.31. The Hall–Kier alpha value is -2.72. The SMILES string of the molecule is CCOCCCNC(=O)/C(C#N)=C\NCc1ccc2c(c1)OCO2. The van der Waals surface area contributed by atoms with Crippen LogP contribution in [0.3, 0.4) is 0 Å². The highest BCUT2D eigenvalue weighted by Gasteiger charge is 2.13. The molecule has 1 aromatic rings. The van der Waals surface area contributed by atoms with Crippen molar-refractivity contribution in [3.05, 3.63) is 35.5 Å². The lowest BCUT2D eigenvalue weighted by Crippen LogP contribution is -2.27. The predicted molar refractivity (Wildman–Crippen MR) is 87.2 cm³/mol. The van der Waals surface area contributed by atoms with Crippen LogP contribution >= 0.6 is 0 Å². The molecule has 128 valence electrons. The molecular weight excluding hydrogens is 310 g/mol. The van der Waals surface area contributed by atoms with Crippen molar-refractivity contribution in [2.24, 2.45) is 0 Å². The lowest BCUT2D eigenvalue weighted by molar-refractivity contribution is -0.117. The van der Waals surface area contributed by atoms with Gasteiger partial charge >= 0.3 is 0 Å². The van der Waals surface area contributed by atoms with Gasteiger partial charge in [0.1, 0.15) is 11.6 Å². The number of rotatable bonds is 9. The summed E-state index contributed by atoms with van der Waals surface area (Å²) in [6, 6.07) is 7.49. The van der Waals surface area contributed by atoms with Gasteiger partial charge in [0.15, 0.2) is 11.5 Å². The molecular formula is C17H21N3O4. The summed E-state index contributed by atoms with van der Waals surface area (Å²) in [5, 5.41) is 14.7.